The molecule has 6 heteroatoms. The Kier molecular flexibility index (Phi) is 5.77. The van der Waals surface area contributed by atoms with Gasteiger partial charge in [-0.3, -0.25) is 9.59 Å². The summed E-state index contributed by atoms with van der Waals surface area (Å²) in [6.07, 6.45) is 0.348. The zero-order valence-electron chi connectivity index (χ0n) is 13.8. The number of hydrogen-bond donors (Lipinski definition) is 3. The van der Waals surface area contributed by atoms with Crippen LogP contribution in [0.3, 0.4) is 0 Å². The SMILES string of the molecule is O=C(CC1COCCN1)Nc1cccc(NC(=O)c2ccccc2)c1. The zero-order valence-corrected chi connectivity index (χ0v) is 13.8. The summed E-state index contributed by atoms with van der Waals surface area (Å²) in [7, 11) is 0. The van der Waals surface area contributed by atoms with E-state index < -0.39 is 0 Å². The standard InChI is InChI=1S/C19H21N3O3/c23-18(12-17-13-25-10-9-20-17)21-15-7-4-8-16(11-15)22-19(24)14-5-2-1-3-6-14/h1-8,11,17,20H,9-10,12-13H2,(H,21,23)(H,22,24). The second kappa shape index (κ2) is 8.41. The van der Waals surface area contributed by atoms with E-state index in [0.717, 1.165) is 6.54 Å². The Labute approximate surface area is 146 Å². The average Bonchev–Trinajstić information content (AvgIpc) is 2.63. The molecule has 0 saturated carbocycles. The molecule has 1 saturated heterocycles. The highest BCUT2D eigenvalue weighted by molar-refractivity contribution is 6.04. The number of carbonyl (C=O) groups excluding carboxylic acids is 2. The molecular weight excluding hydrogens is 318 g/mol. The summed E-state index contributed by atoms with van der Waals surface area (Å²) in [5, 5.41) is 8.94. The largest absolute Gasteiger partial charge is 0.378 e. The number of anilines is 2. The van der Waals surface area contributed by atoms with Crippen molar-refractivity contribution in [2.75, 3.05) is 30.4 Å². The molecule has 1 aliphatic rings. The zero-order chi connectivity index (χ0) is 17.5. The molecular formula is C19H21N3O3. The maximum atomic E-state index is 12.2. The first-order valence-electron chi connectivity index (χ1n) is 8.28. The predicted octanol–water partition coefficient (Wildman–Crippen LogP) is 2.26. The van der Waals surface area contributed by atoms with Crippen LogP contribution in [0.25, 0.3) is 0 Å². The molecule has 2 amide bonds. The van der Waals surface area contributed by atoms with Crippen LogP contribution in [0.1, 0.15) is 16.8 Å². The van der Waals surface area contributed by atoms with Gasteiger partial charge in [0.1, 0.15) is 0 Å². The van der Waals surface area contributed by atoms with Crippen LogP contribution in [0.4, 0.5) is 11.4 Å². The minimum Gasteiger partial charge on any atom is -0.378 e. The van der Waals surface area contributed by atoms with Crippen LogP contribution >= 0.6 is 0 Å². The molecule has 1 unspecified atom stereocenters. The van der Waals surface area contributed by atoms with Crippen molar-refractivity contribution in [1.29, 1.82) is 0 Å². The number of morpholine rings is 1. The first-order chi connectivity index (χ1) is 12.2. The second-order valence-corrected chi connectivity index (χ2v) is 5.88. The number of nitrogens with one attached hydrogen (secondary N) is 3. The fraction of sp³-hybridized carbons (Fsp3) is 0.263. The van der Waals surface area contributed by atoms with Crippen molar-refractivity contribution in [1.82, 2.24) is 5.32 Å². The van der Waals surface area contributed by atoms with E-state index in [1.165, 1.54) is 0 Å². The molecule has 6 nitrogen and oxygen atoms in total. The van der Waals surface area contributed by atoms with Crippen LogP contribution in [-0.4, -0.2) is 37.6 Å². The Balaban J connectivity index is 1.57. The van der Waals surface area contributed by atoms with E-state index in [2.05, 4.69) is 16.0 Å². The van der Waals surface area contributed by atoms with Crippen molar-refractivity contribution in [3.8, 4) is 0 Å². The summed E-state index contributed by atoms with van der Waals surface area (Å²) in [6, 6.07) is 16.1. The number of benzene rings is 2. The van der Waals surface area contributed by atoms with Gasteiger partial charge in [-0.1, -0.05) is 24.3 Å². The van der Waals surface area contributed by atoms with Gasteiger partial charge in [-0.2, -0.15) is 0 Å². The summed E-state index contributed by atoms with van der Waals surface area (Å²) >= 11 is 0. The second-order valence-electron chi connectivity index (χ2n) is 5.88. The van der Waals surface area contributed by atoms with Crippen molar-refractivity contribution < 1.29 is 14.3 Å². The van der Waals surface area contributed by atoms with Gasteiger partial charge in [0.25, 0.3) is 5.91 Å². The Morgan fingerprint density at radius 2 is 1.80 bits per heavy atom. The predicted molar refractivity (Wildman–Crippen MR) is 96.7 cm³/mol. The van der Waals surface area contributed by atoms with Gasteiger partial charge in [-0.15, -0.1) is 0 Å². The monoisotopic (exact) mass is 339 g/mol. The molecule has 0 aromatic heterocycles. The molecule has 1 fully saturated rings. The first-order valence-corrected chi connectivity index (χ1v) is 8.28. The van der Waals surface area contributed by atoms with Crippen LogP contribution in [0.5, 0.6) is 0 Å². The number of ether oxygens (including phenoxy) is 1. The topological polar surface area (TPSA) is 79.5 Å². The molecule has 1 heterocycles. The Morgan fingerprint density at radius 3 is 2.52 bits per heavy atom. The van der Waals surface area contributed by atoms with E-state index in [1.807, 2.05) is 18.2 Å². The van der Waals surface area contributed by atoms with Crippen LogP contribution in [0.15, 0.2) is 54.6 Å². The first kappa shape index (κ1) is 17.1. The van der Waals surface area contributed by atoms with Gasteiger partial charge < -0.3 is 20.7 Å². The molecule has 2 aromatic rings. The fourth-order valence-electron chi connectivity index (χ4n) is 2.65. The summed E-state index contributed by atoms with van der Waals surface area (Å²) in [4.78, 5) is 24.3. The lowest BCUT2D eigenvalue weighted by Gasteiger charge is -2.23. The Bertz CT molecular complexity index is 728. The third kappa shape index (κ3) is 5.14. The van der Waals surface area contributed by atoms with Gasteiger partial charge in [0, 0.05) is 35.9 Å². The summed E-state index contributed by atoms with van der Waals surface area (Å²) in [5.74, 6) is -0.276. The maximum absolute atomic E-state index is 12.2. The third-order valence-corrected chi connectivity index (χ3v) is 3.87. The molecule has 0 aliphatic carbocycles. The highest BCUT2D eigenvalue weighted by Crippen LogP contribution is 2.16. The molecule has 0 spiro atoms. The van der Waals surface area contributed by atoms with E-state index in [-0.39, 0.29) is 17.9 Å². The van der Waals surface area contributed by atoms with Crippen molar-refractivity contribution in [3.05, 3.63) is 60.2 Å². The van der Waals surface area contributed by atoms with Crippen molar-refractivity contribution in [2.45, 2.75) is 12.5 Å². The van der Waals surface area contributed by atoms with Gasteiger partial charge in [-0.05, 0) is 30.3 Å². The number of carbonyl (C=O) groups is 2. The van der Waals surface area contributed by atoms with Gasteiger partial charge >= 0.3 is 0 Å². The molecule has 0 bridgehead atoms. The van der Waals surface area contributed by atoms with E-state index in [4.69, 9.17) is 4.74 Å². The molecule has 3 rings (SSSR count). The van der Waals surface area contributed by atoms with Crippen molar-refractivity contribution >= 4 is 23.2 Å². The molecule has 0 radical (unpaired) electrons. The van der Waals surface area contributed by atoms with Crippen LogP contribution < -0.4 is 16.0 Å². The molecule has 25 heavy (non-hydrogen) atoms. The minimum atomic E-state index is -0.187. The normalized spacial score (nSPS) is 16.9. The van der Waals surface area contributed by atoms with Crippen LogP contribution in [-0.2, 0) is 9.53 Å². The van der Waals surface area contributed by atoms with Gasteiger partial charge in [0.15, 0.2) is 0 Å². The molecule has 130 valence electrons. The highest BCUT2D eigenvalue weighted by Gasteiger charge is 2.17. The molecule has 2 aromatic carbocycles. The fourth-order valence-corrected chi connectivity index (χ4v) is 2.65. The number of amides is 2. The summed E-state index contributed by atoms with van der Waals surface area (Å²) < 4.78 is 5.35. The molecule has 1 atom stereocenters. The van der Waals surface area contributed by atoms with E-state index in [1.54, 1.807) is 36.4 Å². The molecule has 1 aliphatic heterocycles. The van der Waals surface area contributed by atoms with Crippen LogP contribution in [0.2, 0.25) is 0 Å². The number of hydrogen-bond acceptors (Lipinski definition) is 4. The Morgan fingerprint density at radius 1 is 1.04 bits per heavy atom. The van der Waals surface area contributed by atoms with E-state index in [0.29, 0.717) is 36.6 Å². The van der Waals surface area contributed by atoms with Crippen molar-refractivity contribution in [2.24, 2.45) is 0 Å². The van der Waals surface area contributed by atoms with E-state index >= 15 is 0 Å². The van der Waals surface area contributed by atoms with Gasteiger partial charge in [0.2, 0.25) is 5.91 Å². The van der Waals surface area contributed by atoms with Crippen molar-refractivity contribution in [3.63, 3.8) is 0 Å². The lowest BCUT2D eigenvalue weighted by molar-refractivity contribution is -0.117. The minimum absolute atomic E-state index is 0.0368. The quantitative estimate of drug-likeness (QED) is 0.781. The van der Waals surface area contributed by atoms with Gasteiger partial charge in [-0.25, -0.2) is 0 Å². The highest BCUT2D eigenvalue weighted by atomic mass is 16.5. The lowest BCUT2D eigenvalue weighted by atomic mass is 10.2. The summed E-state index contributed by atoms with van der Waals surface area (Å²) in [5.41, 5.74) is 1.86. The Hall–Kier alpha value is -2.70. The number of rotatable bonds is 5. The van der Waals surface area contributed by atoms with Gasteiger partial charge in [0.05, 0.1) is 13.2 Å². The third-order valence-electron chi connectivity index (χ3n) is 3.87. The lowest BCUT2D eigenvalue weighted by Crippen LogP contribution is -2.43. The molecule has 3 N–H and O–H groups in total. The average molecular weight is 339 g/mol. The van der Waals surface area contributed by atoms with E-state index in [9.17, 15) is 9.59 Å². The summed E-state index contributed by atoms with van der Waals surface area (Å²) in [6.45, 7) is 1.99. The maximum Gasteiger partial charge on any atom is 0.255 e. The smallest absolute Gasteiger partial charge is 0.255 e. The van der Waals surface area contributed by atoms with Crippen LogP contribution in [0, 0.1) is 0 Å².